The first-order valence-corrected chi connectivity index (χ1v) is 11.4. The molecular formula is C21H29F2N9O3. The highest BCUT2D eigenvalue weighted by Gasteiger charge is 2.48. The number of carbonyl (C=O) groups excluding carboxylic acids is 2. The second kappa shape index (κ2) is 10.4. The van der Waals surface area contributed by atoms with Crippen molar-refractivity contribution in [2.75, 3.05) is 50.5 Å². The summed E-state index contributed by atoms with van der Waals surface area (Å²) in [5.74, 6) is -2.67. The van der Waals surface area contributed by atoms with Crippen LogP contribution in [-0.4, -0.2) is 100 Å². The Morgan fingerprint density at radius 2 is 2.00 bits per heavy atom. The third-order valence-corrected chi connectivity index (χ3v) is 6.26. The van der Waals surface area contributed by atoms with E-state index in [-0.39, 0.29) is 31.0 Å². The van der Waals surface area contributed by atoms with Crippen LogP contribution in [0.15, 0.2) is 24.5 Å². The molecule has 0 bridgehead atoms. The molecule has 0 saturated carbocycles. The molecule has 0 unspecified atom stereocenters. The number of amides is 3. The molecule has 0 spiro atoms. The Balaban J connectivity index is 1.39. The molecule has 190 valence electrons. The minimum Gasteiger partial charge on any atom is -0.391 e. The number of aromatic amines is 1. The molecule has 1 atom stereocenters. The van der Waals surface area contributed by atoms with Gasteiger partial charge in [-0.25, -0.2) is 23.4 Å². The number of nitrogens with zero attached hydrogens (tertiary/aromatic N) is 6. The van der Waals surface area contributed by atoms with Gasteiger partial charge in [-0.1, -0.05) is 0 Å². The lowest BCUT2D eigenvalue weighted by Gasteiger charge is -2.42. The summed E-state index contributed by atoms with van der Waals surface area (Å²) in [5, 5.41) is 11.6. The molecule has 2 aromatic rings. The van der Waals surface area contributed by atoms with E-state index in [0.717, 1.165) is 30.8 Å². The molecule has 0 aromatic carbocycles. The van der Waals surface area contributed by atoms with Gasteiger partial charge in [-0.3, -0.25) is 10.4 Å². The van der Waals surface area contributed by atoms with Crippen LogP contribution in [0.3, 0.4) is 0 Å². The maximum absolute atomic E-state index is 14.8. The number of carbonyl (C=O) groups is 2. The van der Waals surface area contributed by atoms with Gasteiger partial charge in [0.25, 0.3) is 5.92 Å². The number of ether oxygens (including phenoxy) is 1. The number of nitrogens with one attached hydrogen (secondary N) is 3. The monoisotopic (exact) mass is 493 g/mol. The smallest absolute Gasteiger partial charge is 0.391 e. The number of H-pyrrole nitrogens is 1. The number of hydrogen-bond acceptors (Lipinski definition) is 8. The summed E-state index contributed by atoms with van der Waals surface area (Å²) in [7, 11) is 3.34. The maximum atomic E-state index is 14.8. The standard InChI is InChI=1S/C21H29F2N9O3/c1-30-10-5-14(6-11-30)26-20(34)35-17-4-8-24-18(28-17)32-12-7-21(22,23)15(13-32)31(2)19(33)27-16-3-9-25-29-16/h3-4,8-9,14-15H,5-7,10-13H2,1-2H3,(H,26,34)(H2,25,27,29,33)/t15-/m0/s1. The van der Waals surface area contributed by atoms with Crippen LogP contribution in [0.4, 0.5) is 30.1 Å². The van der Waals surface area contributed by atoms with Gasteiger partial charge < -0.3 is 24.8 Å². The van der Waals surface area contributed by atoms with Crippen molar-refractivity contribution in [1.29, 1.82) is 0 Å². The Morgan fingerprint density at radius 3 is 2.71 bits per heavy atom. The Hall–Kier alpha value is -3.55. The number of hydrogen-bond donors (Lipinski definition) is 3. The fourth-order valence-electron chi connectivity index (χ4n) is 4.13. The van der Waals surface area contributed by atoms with E-state index in [1.54, 1.807) is 4.90 Å². The zero-order valence-electron chi connectivity index (χ0n) is 19.6. The van der Waals surface area contributed by atoms with Gasteiger partial charge in [0.2, 0.25) is 11.8 Å². The third kappa shape index (κ3) is 6.12. The number of likely N-dealkylation sites (N-methyl/N-ethyl adjacent to an activating group) is 1. The highest BCUT2D eigenvalue weighted by atomic mass is 19.3. The van der Waals surface area contributed by atoms with Crippen molar-refractivity contribution in [3.63, 3.8) is 0 Å². The molecule has 3 N–H and O–H groups in total. The number of alkyl halides is 2. The zero-order valence-corrected chi connectivity index (χ0v) is 19.6. The van der Waals surface area contributed by atoms with Crippen molar-refractivity contribution in [2.24, 2.45) is 0 Å². The largest absolute Gasteiger partial charge is 0.414 e. The van der Waals surface area contributed by atoms with Gasteiger partial charge in [-0.2, -0.15) is 10.1 Å². The molecule has 12 nitrogen and oxygen atoms in total. The van der Waals surface area contributed by atoms with E-state index in [1.807, 2.05) is 7.05 Å². The Bertz CT molecular complexity index is 1020. The molecule has 2 aliphatic heterocycles. The number of rotatable bonds is 5. The lowest BCUT2D eigenvalue weighted by Crippen LogP contribution is -2.60. The average Bonchev–Trinajstić information content (AvgIpc) is 3.33. The summed E-state index contributed by atoms with van der Waals surface area (Å²) in [6.45, 7) is 1.55. The number of anilines is 2. The van der Waals surface area contributed by atoms with Crippen molar-refractivity contribution in [3.05, 3.63) is 24.5 Å². The highest BCUT2D eigenvalue weighted by Crippen LogP contribution is 2.33. The number of piperidine rings is 2. The minimum atomic E-state index is -3.11. The van der Waals surface area contributed by atoms with Crippen molar-refractivity contribution in [2.45, 2.75) is 37.3 Å². The van der Waals surface area contributed by atoms with Crippen LogP contribution < -0.4 is 20.3 Å². The summed E-state index contributed by atoms with van der Waals surface area (Å²) in [5.41, 5.74) is 0. The van der Waals surface area contributed by atoms with Gasteiger partial charge in [0.1, 0.15) is 11.9 Å². The van der Waals surface area contributed by atoms with Crippen LogP contribution in [0.5, 0.6) is 5.88 Å². The summed E-state index contributed by atoms with van der Waals surface area (Å²) >= 11 is 0. The molecule has 2 aliphatic rings. The van der Waals surface area contributed by atoms with Gasteiger partial charge in [0.15, 0.2) is 0 Å². The molecule has 2 saturated heterocycles. The average molecular weight is 494 g/mol. The number of urea groups is 1. The first kappa shape index (κ1) is 24.6. The minimum absolute atomic E-state index is 0.0136. The lowest BCUT2D eigenvalue weighted by atomic mass is 10.00. The molecule has 4 rings (SSSR count). The third-order valence-electron chi connectivity index (χ3n) is 6.26. The molecule has 2 fully saturated rings. The summed E-state index contributed by atoms with van der Waals surface area (Å²) in [4.78, 5) is 37.9. The summed E-state index contributed by atoms with van der Waals surface area (Å²) in [6, 6.07) is 0.828. The van der Waals surface area contributed by atoms with E-state index >= 15 is 0 Å². The van der Waals surface area contributed by atoms with Crippen LogP contribution in [0.25, 0.3) is 0 Å². The van der Waals surface area contributed by atoms with E-state index in [2.05, 4.69) is 35.7 Å². The molecule has 2 aromatic heterocycles. The van der Waals surface area contributed by atoms with E-state index in [1.165, 1.54) is 31.6 Å². The predicted octanol–water partition coefficient (Wildman–Crippen LogP) is 1.76. The van der Waals surface area contributed by atoms with Crippen molar-refractivity contribution >= 4 is 23.9 Å². The second-order valence-corrected chi connectivity index (χ2v) is 8.79. The molecule has 4 heterocycles. The van der Waals surface area contributed by atoms with E-state index in [9.17, 15) is 18.4 Å². The lowest BCUT2D eigenvalue weighted by molar-refractivity contribution is -0.0760. The van der Waals surface area contributed by atoms with Gasteiger partial charge in [0, 0.05) is 50.9 Å². The van der Waals surface area contributed by atoms with E-state index in [0.29, 0.717) is 5.82 Å². The molecule has 3 amide bonds. The van der Waals surface area contributed by atoms with Gasteiger partial charge >= 0.3 is 12.1 Å². The second-order valence-electron chi connectivity index (χ2n) is 8.79. The Labute approximate surface area is 201 Å². The van der Waals surface area contributed by atoms with Crippen molar-refractivity contribution in [3.8, 4) is 5.88 Å². The first-order valence-electron chi connectivity index (χ1n) is 11.4. The first-order chi connectivity index (χ1) is 16.7. The highest BCUT2D eigenvalue weighted by molar-refractivity contribution is 5.88. The van der Waals surface area contributed by atoms with Gasteiger partial charge in [-0.15, -0.1) is 0 Å². The molecule has 0 aliphatic carbocycles. The van der Waals surface area contributed by atoms with Crippen molar-refractivity contribution in [1.82, 2.24) is 35.3 Å². The fraction of sp³-hybridized carbons (Fsp3) is 0.571. The van der Waals surface area contributed by atoms with Crippen molar-refractivity contribution < 1.29 is 23.1 Å². The van der Waals surface area contributed by atoms with Crippen LogP contribution in [-0.2, 0) is 0 Å². The fourth-order valence-corrected chi connectivity index (χ4v) is 4.13. The number of aromatic nitrogens is 4. The Kier molecular flexibility index (Phi) is 7.28. The van der Waals surface area contributed by atoms with Crippen LogP contribution in [0.1, 0.15) is 19.3 Å². The molecular weight excluding hydrogens is 464 g/mol. The van der Waals surface area contributed by atoms with E-state index < -0.39 is 30.5 Å². The normalized spacial score (nSPS) is 20.8. The topological polar surface area (TPSA) is 132 Å². The SMILES string of the molecule is CN1CCC(NC(=O)Oc2ccnc(N3CCC(F)(F)[C@@H](N(C)C(=O)Nc4ccn[nH]4)C3)n2)CC1. The number of likely N-dealkylation sites (tertiary alicyclic amines) is 1. The molecule has 35 heavy (non-hydrogen) atoms. The van der Waals surface area contributed by atoms with Gasteiger partial charge in [-0.05, 0) is 33.0 Å². The van der Waals surface area contributed by atoms with E-state index in [4.69, 9.17) is 4.74 Å². The number of halogens is 2. The van der Waals surface area contributed by atoms with Crippen LogP contribution in [0, 0.1) is 0 Å². The quantitative estimate of drug-likeness (QED) is 0.574. The van der Waals surface area contributed by atoms with Gasteiger partial charge in [0.05, 0.1) is 6.20 Å². The predicted molar refractivity (Wildman–Crippen MR) is 123 cm³/mol. The van der Waals surface area contributed by atoms with Crippen LogP contribution in [0.2, 0.25) is 0 Å². The Morgan fingerprint density at radius 1 is 1.23 bits per heavy atom. The summed E-state index contributed by atoms with van der Waals surface area (Å²) in [6.07, 6.45) is 3.37. The molecule has 14 heteroatoms. The van der Waals surface area contributed by atoms with Crippen LogP contribution >= 0.6 is 0 Å². The molecule has 0 radical (unpaired) electrons. The maximum Gasteiger partial charge on any atom is 0.414 e. The zero-order chi connectivity index (χ0) is 25.0. The summed E-state index contributed by atoms with van der Waals surface area (Å²) < 4.78 is 34.8.